The summed E-state index contributed by atoms with van der Waals surface area (Å²) in [5, 5.41) is 4.13. The fourth-order valence-corrected chi connectivity index (χ4v) is 3.66. The van der Waals surface area contributed by atoms with E-state index in [0.717, 1.165) is 18.4 Å². The average Bonchev–Trinajstić information content (AvgIpc) is 3.30. The third kappa shape index (κ3) is 4.27. The van der Waals surface area contributed by atoms with Gasteiger partial charge in [-0.05, 0) is 42.7 Å². The summed E-state index contributed by atoms with van der Waals surface area (Å²) in [6.07, 6.45) is 3.64. The normalized spacial score (nSPS) is 14.5. The molecule has 0 spiro atoms. The van der Waals surface area contributed by atoms with Crippen LogP contribution < -0.4 is 9.47 Å². The Morgan fingerprint density at radius 1 is 1.13 bits per heavy atom. The number of carbonyl (C=O) groups is 1. The van der Waals surface area contributed by atoms with Gasteiger partial charge < -0.3 is 18.9 Å². The Morgan fingerprint density at radius 2 is 1.93 bits per heavy atom. The molecule has 0 N–H and O–H groups in total. The molecule has 1 amide bonds. The second-order valence-corrected chi connectivity index (χ2v) is 7.19. The van der Waals surface area contributed by atoms with Crippen molar-refractivity contribution in [1.82, 2.24) is 20.0 Å². The number of benzene rings is 1. The number of ether oxygens (including phenoxy) is 2. The minimum atomic E-state index is 0.1000. The van der Waals surface area contributed by atoms with Crippen LogP contribution >= 0.6 is 0 Å². The molecule has 3 heterocycles. The van der Waals surface area contributed by atoms with Gasteiger partial charge in [-0.15, -0.1) is 0 Å². The molecular weight excluding hydrogens is 384 g/mol. The van der Waals surface area contributed by atoms with E-state index in [1.54, 1.807) is 20.4 Å². The molecule has 1 aliphatic heterocycles. The smallest absolute Gasteiger partial charge is 0.276 e. The van der Waals surface area contributed by atoms with E-state index in [1.807, 2.05) is 41.3 Å². The summed E-state index contributed by atoms with van der Waals surface area (Å²) >= 11 is 0. The number of likely N-dealkylation sites (tertiary alicyclic amines) is 1. The van der Waals surface area contributed by atoms with Crippen molar-refractivity contribution in [2.45, 2.75) is 25.2 Å². The highest BCUT2D eigenvalue weighted by molar-refractivity contribution is 5.79. The SMILES string of the molecule is COc1ccc(CC(=O)N2CCC(c3noc(-c4ccccn4)n3)CC2)cc1OC. The fourth-order valence-electron chi connectivity index (χ4n) is 3.66. The molecule has 1 aliphatic rings. The molecule has 8 nitrogen and oxygen atoms in total. The molecule has 0 atom stereocenters. The summed E-state index contributed by atoms with van der Waals surface area (Å²) in [6.45, 7) is 1.34. The highest BCUT2D eigenvalue weighted by atomic mass is 16.5. The van der Waals surface area contributed by atoms with E-state index in [0.29, 0.717) is 48.4 Å². The first-order valence-corrected chi connectivity index (χ1v) is 9.91. The van der Waals surface area contributed by atoms with Gasteiger partial charge in [0.15, 0.2) is 17.3 Å². The quantitative estimate of drug-likeness (QED) is 0.619. The Bertz CT molecular complexity index is 997. The monoisotopic (exact) mass is 408 g/mol. The van der Waals surface area contributed by atoms with Gasteiger partial charge in [0, 0.05) is 25.2 Å². The molecule has 0 unspecified atom stereocenters. The third-order valence-electron chi connectivity index (χ3n) is 5.34. The van der Waals surface area contributed by atoms with Gasteiger partial charge in [0.25, 0.3) is 5.89 Å². The zero-order valence-electron chi connectivity index (χ0n) is 17.1. The second kappa shape index (κ2) is 8.94. The van der Waals surface area contributed by atoms with Gasteiger partial charge in [0.05, 0.1) is 20.6 Å². The van der Waals surface area contributed by atoms with Gasteiger partial charge >= 0.3 is 0 Å². The predicted octanol–water partition coefficient (Wildman–Crippen LogP) is 3.10. The van der Waals surface area contributed by atoms with Crippen LogP contribution in [0.2, 0.25) is 0 Å². The van der Waals surface area contributed by atoms with Crippen LogP contribution in [-0.4, -0.2) is 53.2 Å². The van der Waals surface area contributed by atoms with Gasteiger partial charge in [0.1, 0.15) is 5.69 Å². The maximum Gasteiger partial charge on any atom is 0.276 e. The molecule has 4 rings (SSSR count). The Balaban J connectivity index is 1.34. The number of piperidine rings is 1. The number of carbonyl (C=O) groups excluding carboxylic acids is 1. The average molecular weight is 408 g/mol. The number of hydrogen-bond donors (Lipinski definition) is 0. The van der Waals surface area contributed by atoms with Crippen LogP contribution in [0.15, 0.2) is 47.1 Å². The van der Waals surface area contributed by atoms with Crippen LogP contribution in [0.1, 0.15) is 30.1 Å². The Morgan fingerprint density at radius 3 is 2.63 bits per heavy atom. The summed E-state index contributed by atoms with van der Waals surface area (Å²) in [6, 6.07) is 11.1. The van der Waals surface area contributed by atoms with E-state index in [1.165, 1.54) is 0 Å². The number of aromatic nitrogens is 3. The van der Waals surface area contributed by atoms with E-state index in [9.17, 15) is 4.79 Å². The third-order valence-corrected chi connectivity index (χ3v) is 5.34. The lowest BCUT2D eigenvalue weighted by molar-refractivity contribution is -0.131. The molecule has 0 bridgehead atoms. The van der Waals surface area contributed by atoms with Crippen LogP contribution in [0.5, 0.6) is 11.5 Å². The van der Waals surface area contributed by atoms with E-state index >= 15 is 0 Å². The van der Waals surface area contributed by atoms with Crippen molar-refractivity contribution >= 4 is 5.91 Å². The van der Waals surface area contributed by atoms with E-state index in [4.69, 9.17) is 14.0 Å². The van der Waals surface area contributed by atoms with Crippen LogP contribution in [0.4, 0.5) is 0 Å². The van der Waals surface area contributed by atoms with E-state index < -0.39 is 0 Å². The summed E-state index contributed by atoms with van der Waals surface area (Å²) in [7, 11) is 3.18. The Hall–Kier alpha value is -3.42. The number of hydrogen-bond acceptors (Lipinski definition) is 7. The standard InChI is InChI=1S/C22H24N4O4/c1-28-18-7-6-15(13-19(18)29-2)14-20(27)26-11-8-16(9-12-26)21-24-22(30-25-21)17-5-3-4-10-23-17/h3-7,10,13,16H,8-9,11-12,14H2,1-2H3. The molecule has 30 heavy (non-hydrogen) atoms. The summed E-state index contributed by atoms with van der Waals surface area (Å²) < 4.78 is 15.9. The number of nitrogens with zero attached hydrogens (tertiary/aromatic N) is 4. The minimum Gasteiger partial charge on any atom is -0.493 e. The zero-order chi connectivity index (χ0) is 20.9. The predicted molar refractivity (Wildman–Crippen MR) is 109 cm³/mol. The molecule has 0 saturated carbocycles. The van der Waals surface area contributed by atoms with Gasteiger partial charge in [-0.1, -0.05) is 17.3 Å². The number of pyridine rings is 1. The van der Waals surface area contributed by atoms with Crippen LogP contribution in [-0.2, 0) is 11.2 Å². The van der Waals surface area contributed by atoms with Crippen molar-refractivity contribution in [1.29, 1.82) is 0 Å². The maximum absolute atomic E-state index is 12.7. The Labute approximate surface area is 174 Å². The van der Waals surface area contributed by atoms with Gasteiger partial charge in [-0.2, -0.15) is 4.98 Å². The number of amides is 1. The van der Waals surface area contributed by atoms with Crippen molar-refractivity contribution in [3.63, 3.8) is 0 Å². The Kier molecular flexibility index (Phi) is 5.92. The lowest BCUT2D eigenvalue weighted by atomic mass is 9.95. The van der Waals surface area contributed by atoms with Crippen LogP contribution in [0, 0.1) is 0 Å². The van der Waals surface area contributed by atoms with E-state index in [-0.39, 0.29) is 11.8 Å². The molecule has 1 saturated heterocycles. The zero-order valence-corrected chi connectivity index (χ0v) is 17.1. The first-order valence-electron chi connectivity index (χ1n) is 9.91. The number of rotatable bonds is 6. The largest absolute Gasteiger partial charge is 0.493 e. The van der Waals surface area contributed by atoms with E-state index in [2.05, 4.69) is 15.1 Å². The summed E-state index contributed by atoms with van der Waals surface area (Å²) in [5.74, 6) is 2.67. The lowest BCUT2D eigenvalue weighted by Crippen LogP contribution is -2.39. The molecule has 0 radical (unpaired) electrons. The molecule has 1 aromatic carbocycles. The van der Waals surface area contributed by atoms with Gasteiger partial charge in [-0.3, -0.25) is 9.78 Å². The molecule has 2 aromatic heterocycles. The molecule has 156 valence electrons. The minimum absolute atomic E-state index is 0.1000. The molecule has 3 aromatic rings. The van der Waals surface area contributed by atoms with Crippen molar-refractivity contribution in [2.75, 3.05) is 27.3 Å². The second-order valence-electron chi connectivity index (χ2n) is 7.19. The maximum atomic E-state index is 12.7. The first kappa shape index (κ1) is 19.9. The highest BCUT2D eigenvalue weighted by Gasteiger charge is 2.27. The van der Waals surface area contributed by atoms with Crippen LogP contribution in [0.25, 0.3) is 11.6 Å². The number of methoxy groups -OCH3 is 2. The summed E-state index contributed by atoms with van der Waals surface area (Å²) in [5.41, 5.74) is 1.57. The van der Waals surface area contributed by atoms with Crippen LogP contribution in [0.3, 0.4) is 0 Å². The van der Waals surface area contributed by atoms with Gasteiger partial charge in [0.2, 0.25) is 5.91 Å². The van der Waals surface area contributed by atoms with Crippen molar-refractivity contribution < 1.29 is 18.8 Å². The molecule has 0 aliphatic carbocycles. The van der Waals surface area contributed by atoms with Gasteiger partial charge in [-0.25, -0.2) is 0 Å². The first-order chi connectivity index (χ1) is 14.7. The topological polar surface area (TPSA) is 90.6 Å². The summed E-state index contributed by atoms with van der Waals surface area (Å²) in [4.78, 5) is 23.4. The van der Waals surface area contributed by atoms with Crippen molar-refractivity contribution in [2.24, 2.45) is 0 Å². The fraction of sp³-hybridized carbons (Fsp3) is 0.364. The highest BCUT2D eigenvalue weighted by Crippen LogP contribution is 2.30. The molecular formula is C22H24N4O4. The lowest BCUT2D eigenvalue weighted by Gasteiger charge is -2.30. The molecule has 8 heteroatoms. The van der Waals surface area contributed by atoms with Crippen molar-refractivity contribution in [3.8, 4) is 23.1 Å². The molecule has 1 fully saturated rings. The van der Waals surface area contributed by atoms with Crippen molar-refractivity contribution in [3.05, 3.63) is 54.0 Å².